The third-order valence-corrected chi connectivity index (χ3v) is 4.14. The van der Waals surface area contributed by atoms with Crippen molar-refractivity contribution in [3.8, 4) is 5.75 Å². The van der Waals surface area contributed by atoms with Gasteiger partial charge in [-0.25, -0.2) is 4.79 Å². The summed E-state index contributed by atoms with van der Waals surface area (Å²) in [6, 6.07) is 12.0. The second-order valence-corrected chi connectivity index (χ2v) is 6.05. The average Bonchev–Trinajstić information content (AvgIpc) is 2.92. The van der Waals surface area contributed by atoms with Crippen LogP contribution in [-0.2, 0) is 9.53 Å². The summed E-state index contributed by atoms with van der Waals surface area (Å²) in [5, 5.41) is 0. The van der Waals surface area contributed by atoms with Crippen molar-refractivity contribution in [2.75, 3.05) is 7.11 Å². The van der Waals surface area contributed by atoms with Crippen molar-refractivity contribution in [2.45, 2.75) is 20.8 Å². The maximum atomic E-state index is 12.2. The summed E-state index contributed by atoms with van der Waals surface area (Å²) in [4.78, 5) is 12.2. The van der Waals surface area contributed by atoms with Gasteiger partial charge in [0.05, 0.1) is 12.7 Å². The third-order valence-electron chi connectivity index (χ3n) is 4.14. The van der Waals surface area contributed by atoms with Crippen molar-refractivity contribution in [1.29, 1.82) is 0 Å². The SMILES string of the molecule is COc1cc(/C=C2\C=C(c3cc(C)ccc3C)OC2=O)ccc1C. The smallest absolute Gasteiger partial charge is 0.343 e. The van der Waals surface area contributed by atoms with Gasteiger partial charge in [-0.3, -0.25) is 0 Å². The number of hydrogen-bond donors (Lipinski definition) is 0. The zero-order valence-corrected chi connectivity index (χ0v) is 14.3. The van der Waals surface area contributed by atoms with Gasteiger partial charge in [0.2, 0.25) is 0 Å². The lowest BCUT2D eigenvalue weighted by Crippen LogP contribution is -1.98. The Morgan fingerprint density at radius 3 is 2.50 bits per heavy atom. The molecule has 0 N–H and O–H groups in total. The quantitative estimate of drug-likeness (QED) is 0.612. The highest BCUT2D eigenvalue weighted by atomic mass is 16.5. The Bertz CT molecular complexity index is 873. The number of carbonyl (C=O) groups is 1. The molecule has 2 aromatic rings. The van der Waals surface area contributed by atoms with E-state index in [4.69, 9.17) is 9.47 Å². The maximum Gasteiger partial charge on any atom is 0.343 e. The van der Waals surface area contributed by atoms with Gasteiger partial charge in [-0.15, -0.1) is 0 Å². The van der Waals surface area contributed by atoms with Crippen LogP contribution in [0.2, 0.25) is 0 Å². The van der Waals surface area contributed by atoms with Crippen molar-refractivity contribution >= 4 is 17.8 Å². The van der Waals surface area contributed by atoms with Crippen LogP contribution in [-0.4, -0.2) is 13.1 Å². The molecule has 1 aliphatic rings. The number of rotatable bonds is 3. The fraction of sp³-hybridized carbons (Fsp3) is 0.190. The molecule has 0 atom stereocenters. The molecule has 0 saturated carbocycles. The Balaban J connectivity index is 1.98. The van der Waals surface area contributed by atoms with Crippen molar-refractivity contribution in [1.82, 2.24) is 0 Å². The van der Waals surface area contributed by atoms with Gasteiger partial charge in [-0.1, -0.05) is 29.8 Å². The number of methoxy groups -OCH3 is 1. The second-order valence-electron chi connectivity index (χ2n) is 6.05. The van der Waals surface area contributed by atoms with E-state index in [1.54, 1.807) is 13.2 Å². The van der Waals surface area contributed by atoms with Crippen molar-refractivity contribution in [3.05, 3.63) is 75.9 Å². The molecule has 3 rings (SSSR count). The monoisotopic (exact) mass is 320 g/mol. The van der Waals surface area contributed by atoms with E-state index in [1.165, 1.54) is 0 Å². The van der Waals surface area contributed by atoms with Crippen LogP contribution in [0.15, 0.2) is 48.0 Å². The van der Waals surface area contributed by atoms with Crippen molar-refractivity contribution in [3.63, 3.8) is 0 Å². The summed E-state index contributed by atoms with van der Waals surface area (Å²) in [7, 11) is 1.64. The zero-order valence-electron chi connectivity index (χ0n) is 14.3. The van der Waals surface area contributed by atoms with Crippen LogP contribution in [0.3, 0.4) is 0 Å². The normalized spacial score (nSPS) is 15.4. The molecule has 0 unspecified atom stereocenters. The molecule has 0 aliphatic carbocycles. The van der Waals surface area contributed by atoms with Crippen LogP contribution in [0.5, 0.6) is 5.75 Å². The summed E-state index contributed by atoms with van der Waals surface area (Å²) in [5.41, 5.74) is 5.67. The largest absolute Gasteiger partial charge is 0.496 e. The molecule has 2 aromatic carbocycles. The first-order valence-corrected chi connectivity index (χ1v) is 7.86. The van der Waals surface area contributed by atoms with E-state index in [1.807, 2.05) is 63.2 Å². The van der Waals surface area contributed by atoms with E-state index in [0.29, 0.717) is 11.3 Å². The summed E-state index contributed by atoms with van der Waals surface area (Å²) in [6.45, 7) is 6.02. The Morgan fingerprint density at radius 2 is 1.75 bits per heavy atom. The molecule has 0 radical (unpaired) electrons. The Kier molecular flexibility index (Phi) is 4.26. The number of aryl methyl sites for hydroxylation is 3. The Labute approximate surface area is 142 Å². The fourth-order valence-electron chi connectivity index (χ4n) is 2.73. The lowest BCUT2D eigenvalue weighted by atomic mass is 10.0. The lowest BCUT2D eigenvalue weighted by Gasteiger charge is -2.06. The van der Waals surface area contributed by atoms with Gasteiger partial charge >= 0.3 is 5.97 Å². The van der Waals surface area contributed by atoms with Crippen molar-refractivity contribution in [2.24, 2.45) is 0 Å². The lowest BCUT2D eigenvalue weighted by molar-refractivity contribution is -0.130. The number of hydrogen-bond acceptors (Lipinski definition) is 3. The molecular formula is C21H20O3. The zero-order chi connectivity index (χ0) is 17.3. The summed E-state index contributed by atoms with van der Waals surface area (Å²) in [6.07, 6.45) is 3.62. The Hall–Kier alpha value is -2.81. The molecule has 0 bridgehead atoms. The highest BCUT2D eigenvalue weighted by molar-refractivity contribution is 6.05. The standard InChI is InChI=1S/C21H20O3/c1-13-5-6-14(2)18(9-13)20-12-17(21(22)24-20)10-16-8-7-15(3)19(11-16)23-4/h5-12H,1-4H3/b17-10+. The predicted octanol–water partition coefficient (Wildman–Crippen LogP) is 4.60. The number of ether oxygens (including phenoxy) is 2. The van der Waals surface area contributed by atoms with E-state index in [-0.39, 0.29) is 5.97 Å². The van der Waals surface area contributed by atoms with Crippen LogP contribution in [0, 0.1) is 20.8 Å². The summed E-state index contributed by atoms with van der Waals surface area (Å²) in [5.74, 6) is 1.08. The van der Waals surface area contributed by atoms with Crippen LogP contribution in [0.25, 0.3) is 11.8 Å². The molecule has 24 heavy (non-hydrogen) atoms. The van der Waals surface area contributed by atoms with Gasteiger partial charge in [0.15, 0.2) is 0 Å². The van der Waals surface area contributed by atoms with E-state index in [0.717, 1.165) is 33.6 Å². The van der Waals surface area contributed by atoms with Gasteiger partial charge in [-0.2, -0.15) is 0 Å². The van der Waals surface area contributed by atoms with E-state index in [9.17, 15) is 4.79 Å². The van der Waals surface area contributed by atoms with Crippen LogP contribution in [0.4, 0.5) is 0 Å². The van der Waals surface area contributed by atoms with Crippen LogP contribution in [0.1, 0.15) is 27.8 Å². The molecular weight excluding hydrogens is 300 g/mol. The first kappa shape index (κ1) is 16.1. The average molecular weight is 320 g/mol. The molecule has 122 valence electrons. The molecule has 3 nitrogen and oxygen atoms in total. The molecule has 1 heterocycles. The predicted molar refractivity (Wildman–Crippen MR) is 95.7 cm³/mol. The van der Waals surface area contributed by atoms with E-state index >= 15 is 0 Å². The highest BCUT2D eigenvalue weighted by Gasteiger charge is 2.23. The van der Waals surface area contributed by atoms with Gasteiger partial charge in [0, 0.05) is 5.56 Å². The molecule has 0 aromatic heterocycles. The van der Waals surface area contributed by atoms with Gasteiger partial charge in [-0.05, 0) is 61.7 Å². The number of benzene rings is 2. The topological polar surface area (TPSA) is 35.5 Å². The summed E-state index contributed by atoms with van der Waals surface area (Å²) < 4.78 is 10.8. The van der Waals surface area contributed by atoms with Crippen LogP contribution < -0.4 is 4.74 Å². The maximum absolute atomic E-state index is 12.2. The minimum atomic E-state index is -0.328. The first-order chi connectivity index (χ1) is 11.5. The number of esters is 1. The minimum Gasteiger partial charge on any atom is -0.496 e. The minimum absolute atomic E-state index is 0.328. The molecule has 0 saturated heterocycles. The van der Waals surface area contributed by atoms with E-state index in [2.05, 4.69) is 0 Å². The van der Waals surface area contributed by atoms with Crippen LogP contribution >= 0.6 is 0 Å². The number of cyclic esters (lactones) is 1. The molecule has 0 fully saturated rings. The van der Waals surface area contributed by atoms with E-state index < -0.39 is 0 Å². The van der Waals surface area contributed by atoms with Gasteiger partial charge in [0.25, 0.3) is 0 Å². The molecule has 0 amide bonds. The molecule has 3 heteroatoms. The summed E-state index contributed by atoms with van der Waals surface area (Å²) >= 11 is 0. The van der Waals surface area contributed by atoms with Crippen molar-refractivity contribution < 1.29 is 14.3 Å². The molecule has 0 spiro atoms. The highest BCUT2D eigenvalue weighted by Crippen LogP contribution is 2.30. The second kappa shape index (κ2) is 6.36. The van der Waals surface area contributed by atoms with Gasteiger partial charge < -0.3 is 9.47 Å². The molecule has 1 aliphatic heterocycles. The number of carbonyl (C=O) groups excluding carboxylic acids is 1. The van der Waals surface area contributed by atoms with Gasteiger partial charge in [0.1, 0.15) is 11.5 Å². The fourth-order valence-corrected chi connectivity index (χ4v) is 2.73. The third kappa shape index (κ3) is 3.11. The first-order valence-electron chi connectivity index (χ1n) is 7.86. The Morgan fingerprint density at radius 1 is 1.00 bits per heavy atom.